The van der Waals surface area contributed by atoms with Gasteiger partial charge in [-0.1, -0.05) is 0 Å². The van der Waals surface area contributed by atoms with Gasteiger partial charge in [0.05, 0.1) is 12.0 Å². The van der Waals surface area contributed by atoms with Gasteiger partial charge in [-0.25, -0.2) is 0 Å². The molecule has 5 saturated heterocycles. The Morgan fingerprint density at radius 1 is 1.06 bits per heavy atom. The number of nitrogens with zero attached hydrogens (tertiary/aromatic N) is 4. The minimum absolute atomic E-state index is 0.0406. The fraction of sp³-hybridized carbons (Fsp3) is 0.889. The number of carbonyl (C=O) groups excluding carboxylic acids is 3. The molecule has 202 valence electrons. The molecular weight excluding hydrogens is 458 g/mol. The summed E-state index contributed by atoms with van der Waals surface area (Å²) in [7, 11) is 2.13. The first kappa shape index (κ1) is 25.9. The Balaban J connectivity index is 1.13. The summed E-state index contributed by atoms with van der Waals surface area (Å²) in [4.78, 5) is 47.2. The molecule has 5 aliphatic rings. The number of rotatable bonds is 5. The molecule has 0 unspecified atom stereocenters. The van der Waals surface area contributed by atoms with Crippen molar-refractivity contribution in [1.29, 1.82) is 0 Å². The summed E-state index contributed by atoms with van der Waals surface area (Å²) < 4.78 is 5.49. The second-order valence-corrected chi connectivity index (χ2v) is 12.0. The molecule has 0 aromatic heterocycles. The van der Waals surface area contributed by atoms with Crippen LogP contribution < -0.4 is 5.32 Å². The molecule has 0 radical (unpaired) electrons. The van der Waals surface area contributed by atoms with Crippen molar-refractivity contribution in [3.8, 4) is 0 Å². The Labute approximate surface area is 215 Å². The molecule has 0 saturated carbocycles. The van der Waals surface area contributed by atoms with E-state index in [-0.39, 0.29) is 35.3 Å². The molecule has 3 amide bonds. The van der Waals surface area contributed by atoms with E-state index in [1.165, 1.54) is 19.3 Å². The second-order valence-electron chi connectivity index (χ2n) is 12.0. The van der Waals surface area contributed by atoms with Crippen molar-refractivity contribution in [2.24, 2.45) is 5.92 Å². The van der Waals surface area contributed by atoms with Crippen LogP contribution in [0, 0.1) is 5.92 Å². The fourth-order valence-electron chi connectivity index (χ4n) is 7.21. The molecule has 2 atom stereocenters. The summed E-state index contributed by atoms with van der Waals surface area (Å²) >= 11 is 0. The average Bonchev–Trinajstić information content (AvgIpc) is 3.31. The SMILES string of the molecule is CC(=O)N1CCC(N(C)[C@H]2C[C@H]3C(=O)NC4(CCN(CCC5CCOCC5)CC4)CC(=O)N3C2)CC1. The number of amides is 3. The Morgan fingerprint density at radius 3 is 2.42 bits per heavy atom. The zero-order valence-corrected chi connectivity index (χ0v) is 22.3. The number of hydrogen-bond donors (Lipinski definition) is 1. The van der Waals surface area contributed by atoms with Gasteiger partial charge in [-0.15, -0.1) is 0 Å². The van der Waals surface area contributed by atoms with Gasteiger partial charge in [-0.05, 0) is 70.9 Å². The summed E-state index contributed by atoms with van der Waals surface area (Å²) in [5, 5.41) is 3.37. The lowest BCUT2D eigenvalue weighted by Gasteiger charge is -2.42. The van der Waals surface area contributed by atoms with Crippen LogP contribution >= 0.6 is 0 Å². The van der Waals surface area contributed by atoms with Crippen molar-refractivity contribution >= 4 is 17.7 Å². The molecule has 0 aromatic carbocycles. The van der Waals surface area contributed by atoms with Crippen LogP contribution in [0.1, 0.15) is 64.7 Å². The van der Waals surface area contributed by atoms with E-state index in [1.54, 1.807) is 6.92 Å². The van der Waals surface area contributed by atoms with Gasteiger partial charge in [-0.3, -0.25) is 19.3 Å². The van der Waals surface area contributed by atoms with Crippen LogP contribution in [-0.4, -0.2) is 121 Å². The summed E-state index contributed by atoms with van der Waals surface area (Å²) in [6.07, 6.45) is 8.32. The minimum Gasteiger partial charge on any atom is -0.381 e. The van der Waals surface area contributed by atoms with E-state index in [9.17, 15) is 14.4 Å². The van der Waals surface area contributed by atoms with Crippen LogP contribution in [0.4, 0.5) is 0 Å². The van der Waals surface area contributed by atoms with E-state index in [1.807, 2.05) is 9.80 Å². The molecule has 9 nitrogen and oxygen atoms in total. The highest BCUT2D eigenvalue weighted by Gasteiger charge is 2.50. The molecule has 1 spiro atoms. The van der Waals surface area contributed by atoms with Crippen molar-refractivity contribution in [1.82, 2.24) is 24.9 Å². The maximum absolute atomic E-state index is 13.4. The highest BCUT2D eigenvalue weighted by molar-refractivity contribution is 5.92. The Morgan fingerprint density at radius 2 is 1.75 bits per heavy atom. The number of ether oxygens (including phenoxy) is 1. The maximum atomic E-state index is 13.4. The quantitative estimate of drug-likeness (QED) is 0.604. The molecule has 5 fully saturated rings. The standard InChI is InChI=1S/C27H45N5O4/c1-20(33)31-11-4-22(5-12-31)29(2)23-17-24-26(35)28-27(18-25(34)32(24)19-23)8-13-30(14-9-27)10-3-21-6-15-36-16-7-21/h21-24H,3-19H2,1-2H3,(H,28,35)/t23-,24-/m0/s1. The molecule has 5 aliphatic heterocycles. The van der Waals surface area contributed by atoms with Gasteiger partial charge in [0.2, 0.25) is 17.7 Å². The first-order valence-electron chi connectivity index (χ1n) is 14.2. The average molecular weight is 504 g/mol. The van der Waals surface area contributed by atoms with E-state index in [0.29, 0.717) is 25.4 Å². The number of likely N-dealkylation sites (N-methyl/N-ethyl adjacent to an activating group) is 1. The maximum Gasteiger partial charge on any atom is 0.243 e. The molecule has 0 aromatic rings. The van der Waals surface area contributed by atoms with E-state index in [0.717, 1.165) is 77.5 Å². The first-order chi connectivity index (χ1) is 17.3. The van der Waals surface area contributed by atoms with Crippen LogP contribution in [-0.2, 0) is 19.1 Å². The van der Waals surface area contributed by atoms with E-state index >= 15 is 0 Å². The van der Waals surface area contributed by atoms with Gasteiger partial charge >= 0.3 is 0 Å². The number of carbonyl (C=O) groups is 3. The third-order valence-electron chi connectivity index (χ3n) is 9.85. The molecule has 0 aliphatic carbocycles. The van der Waals surface area contributed by atoms with E-state index in [4.69, 9.17) is 4.74 Å². The van der Waals surface area contributed by atoms with Crippen molar-refractivity contribution in [3.05, 3.63) is 0 Å². The lowest BCUT2D eigenvalue weighted by molar-refractivity contribution is -0.136. The number of piperidine rings is 2. The van der Waals surface area contributed by atoms with Crippen LogP contribution in [0.3, 0.4) is 0 Å². The van der Waals surface area contributed by atoms with Crippen LogP contribution in [0.25, 0.3) is 0 Å². The predicted molar refractivity (Wildman–Crippen MR) is 136 cm³/mol. The highest BCUT2D eigenvalue weighted by atomic mass is 16.5. The van der Waals surface area contributed by atoms with Gasteiger partial charge in [0.25, 0.3) is 0 Å². The zero-order valence-electron chi connectivity index (χ0n) is 22.3. The summed E-state index contributed by atoms with van der Waals surface area (Å²) in [6.45, 7) is 8.65. The van der Waals surface area contributed by atoms with Gasteiger partial charge in [0.15, 0.2) is 0 Å². The largest absolute Gasteiger partial charge is 0.381 e. The molecule has 1 N–H and O–H groups in total. The minimum atomic E-state index is -0.380. The molecule has 0 bridgehead atoms. The Kier molecular flexibility index (Phi) is 7.89. The summed E-state index contributed by atoms with van der Waals surface area (Å²) in [5.74, 6) is 1.09. The first-order valence-corrected chi connectivity index (χ1v) is 14.2. The normalized spacial score (nSPS) is 30.5. The predicted octanol–water partition coefficient (Wildman–Crippen LogP) is 1.07. The van der Waals surface area contributed by atoms with Crippen LogP contribution in [0.5, 0.6) is 0 Å². The van der Waals surface area contributed by atoms with Gasteiger partial charge in [0.1, 0.15) is 6.04 Å². The van der Waals surface area contributed by atoms with Crippen molar-refractivity contribution in [2.75, 3.05) is 59.5 Å². The molecule has 9 heteroatoms. The third-order valence-corrected chi connectivity index (χ3v) is 9.85. The number of likely N-dealkylation sites (tertiary alicyclic amines) is 2. The number of fused-ring (bicyclic) bond motifs is 1. The van der Waals surface area contributed by atoms with Gasteiger partial charge < -0.3 is 24.8 Å². The van der Waals surface area contributed by atoms with Gasteiger partial charge in [-0.2, -0.15) is 0 Å². The van der Waals surface area contributed by atoms with Gasteiger partial charge in [0, 0.05) is 64.9 Å². The highest BCUT2D eigenvalue weighted by Crippen LogP contribution is 2.34. The lowest BCUT2D eigenvalue weighted by atomic mass is 9.83. The summed E-state index contributed by atoms with van der Waals surface area (Å²) in [6, 6.07) is 0.233. The number of nitrogens with one attached hydrogen (secondary N) is 1. The van der Waals surface area contributed by atoms with E-state index < -0.39 is 0 Å². The molecular formula is C27H45N5O4. The van der Waals surface area contributed by atoms with E-state index in [2.05, 4.69) is 22.2 Å². The van der Waals surface area contributed by atoms with Crippen molar-refractivity contribution < 1.29 is 19.1 Å². The molecule has 5 rings (SSSR count). The topological polar surface area (TPSA) is 85.4 Å². The van der Waals surface area contributed by atoms with Crippen molar-refractivity contribution in [3.63, 3.8) is 0 Å². The van der Waals surface area contributed by atoms with Crippen molar-refractivity contribution in [2.45, 2.75) is 88.4 Å². The second kappa shape index (κ2) is 11.0. The Hall–Kier alpha value is -1.71. The summed E-state index contributed by atoms with van der Waals surface area (Å²) in [5.41, 5.74) is -0.380. The van der Waals surface area contributed by atoms with Crippen LogP contribution in [0.2, 0.25) is 0 Å². The monoisotopic (exact) mass is 503 g/mol. The smallest absolute Gasteiger partial charge is 0.243 e. The Bertz CT molecular complexity index is 787. The molecule has 36 heavy (non-hydrogen) atoms. The lowest BCUT2D eigenvalue weighted by Crippen LogP contribution is -2.56. The zero-order chi connectivity index (χ0) is 25.3. The van der Waals surface area contributed by atoms with Crippen LogP contribution in [0.15, 0.2) is 0 Å². The molecule has 5 heterocycles. The third kappa shape index (κ3) is 5.58. The number of hydrogen-bond acceptors (Lipinski definition) is 6. The fourth-order valence-corrected chi connectivity index (χ4v) is 7.21.